The molecule has 0 fully saturated rings. The molecule has 0 radical (unpaired) electrons. The summed E-state index contributed by atoms with van der Waals surface area (Å²) in [6.45, 7) is 1.60. The van der Waals surface area contributed by atoms with Gasteiger partial charge in [-0.05, 0) is 12.1 Å². The molecule has 0 aliphatic rings. The van der Waals surface area contributed by atoms with E-state index in [0.29, 0.717) is 0 Å². The van der Waals surface area contributed by atoms with Crippen molar-refractivity contribution in [2.24, 2.45) is 4.99 Å². The first kappa shape index (κ1) is 20.3. The van der Waals surface area contributed by atoms with Gasteiger partial charge < -0.3 is 9.84 Å². The predicted octanol–water partition coefficient (Wildman–Crippen LogP) is 2.48. The van der Waals surface area contributed by atoms with E-state index < -0.39 is 29.7 Å². The van der Waals surface area contributed by atoms with Gasteiger partial charge in [0.25, 0.3) is 5.91 Å². The smallest absolute Gasteiger partial charge is 0.440 e. The summed E-state index contributed by atoms with van der Waals surface area (Å²) in [5.74, 6) is -3.61. The number of benzene rings is 1. The second-order valence-corrected chi connectivity index (χ2v) is 3.87. The standard InChI is InChI=1S/C11H8F3NO3.C3H6O2/c1-18-10(17)8(11(12,13)14)15-9(16)7-5-3-2-4-6-7;1-2-3(4)5/h2-6H,1H3;2H2,1H3,(H,4,5). The Hall–Kier alpha value is -2.71. The molecule has 126 valence electrons. The van der Waals surface area contributed by atoms with Crippen LogP contribution in [-0.2, 0) is 14.3 Å². The van der Waals surface area contributed by atoms with Crippen LogP contribution in [0, 0.1) is 0 Å². The number of halogens is 3. The quantitative estimate of drug-likeness (QED) is 0.677. The topological polar surface area (TPSA) is 93.0 Å². The Labute approximate surface area is 129 Å². The van der Waals surface area contributed by atoms with Crippen LogP contribution in [0.5, 0.6) is 0 Å². The molecule has 0 saturated heterocycles. The van der Waals surface area contributed by atoms with Gasteiger partial charge in [-0.15, -0.1) is 0 Å². The lowest BCUT2D eigenvalue weighted by atomic mass is 10.2. The zero-order valence-electron chi connectivity index (χ0n) is 12.3. The zero-order valence-corrected chi connectivity index (χ0v) is 12.3. The first-order valence-electron chi connectivity index (χ1n) is 6.18. The number of nitrogens with zero attached hydrogens (tertiary/aromatic N) is 1. The molecule has 0 heterocycles. The lowest BCUT2D eigenvalue weighted by Crippen LogP contribution is -2.33. The van der Waals surface area contributed by atoms with E-state index in [4.69, 9.17) is 5.11 Å². The van der Waals surface area contributed by atoms with Crippen LogP contribution in [0.2, 0.25) is 0 Å². The Morgan fingerprint density at radius 3 is 2.00 bits per heavy atom. The first-order chi connectivity index (χ1) is 10.6. The summed E-state index contributed by atoms with van der Waals surface area (Å²) >= 11 is 0. The van der Waals surface area contributed by atoms with Gasteiger partial charge in [-0.1, -0.05) is 25.1 Å². The molecule has 0 unspecified atom stereocenters. The molecular formula is C14H14F3NO5. The molecule has 0 aliphatic heterocycles. The molecule has 1 aromatic carbocycles. The highest BCUT2D eigenvalue weighted by molar-refractivity contribution is 6.40. The summed E-state index contributed by atoms with van der Waals surface area (Å²) in [5.41, 5.74) is -1.93. The molecule has 0 spiro atoms. The summed E-state index contributed by atoms with van der Waals surface area (Å²) < 4.78 is 41.3. The molecule has 0 aromatic heterocycles. The number of methoxy groups -OCH3 is 1. The van der Waals surface area contributed by atoms with Gasteiger partial charge in [0.05, 0.1) is 7.11 Å². The third-order valence-corrected chi connectivity index (χ3v) is 2.18. The number of hydrogen-bond donors (Lipinski definition) is 1. The van der Waals surface area contributed by atoms with Crippen LogP contribution in [0.4, 0.5) is 13.2 Å². The normalized spacial score (nSPS) is 11.1. The summed E-state index contributed by atoms with van der Waals surface area (Å²) in [4.78, 5) is 34.5. The van der Waals surface area contributed by atoms with E-state index in [0.717, 1.165) is 7.11 Å². The van der Waals surface area contributed by atoms with Gasteiger partial charge in [-0.3, -0.25) is 9.59 Å². The van der Waals surface area contributed by atoms with E-state index in [9.17, 15) is 27.6 Å². The highest BCUT2D eigenvalue weighted by atomic mass is 19.4. The Kier molecular flexibility index (Phi) is 8.24. The van der Waals surface area contributed by atoms with Crippen LogP contribution in [-0.4, -0.2) is 42.0 Å². The maximum Gasteiger partial charge on any atom is 0.440 e. The average molecular weight is 333 g/mol. The molecule has 1 N–H and O–H groups in total. The van der Waals surface area contributed by atoms with E-state index in [1.54, 1.807) is 13.0 Å². The molecule has 9 heteroatoms. The van der Waals surface area contributed by atoms with Crippen molar-refractivity contribution in [2.75, 3.05) is 7.11 Å². The van der Waals surface area contributed by atoms with Crippen LogP contribution in [0.15, 0.2) is 35.3 Å². The first-order valence-corrected chi connectivity index (χ1v) is 6.18. The van der Waals surface area contributed by atoms with Crippen molar-refractivity contribution < 1.29 is 37.4 Å². The Morgan fingerprint density at radius 1 is 1.17 bits per heavy atom. The number of esters is 1. The lowest BCUT2D eigenvalue weighted by molar-refractivity contribution is -0.137. The average Bonchev–Trinajstić information content (AvgIpc) is 2.51. The van der Waals surface area contributed by atoms with E-state index in [-0.39, 0.29) is 12.0 Å². The lowest BCUT2D eigenvalue weighted by Gasteiger charge is -2.07. The van der Waals surface area contributed by atoms with E-state index >= 15 is 0 Å². The van der Waals surface area contributed by atoms with Gasteiger partial charge >= 0.3 is 18.1 Å². The van der Waals surface area contributed by atoms with Crippen LogP contribution < -0.4 is 0 Å². The third-order valence-electron chi connectivity index (χ3n) is 2.18. The van der Waals surface area contributed by atoms with Crippen LogP contribution in [0.25, 0.3) is 0 Å². The molecule has 0 saturated carbocycles. The number of carboxylic acid groups (broad SMARTS) is 1. The highest BCUT2D eigenvalue weighted by Gasteiger charge is 2.42. The van der Waals surface area contributed by atoms with Crippen LogP contribution >= 0.6 is 0 Å². The summed E-state index contributed by atoms with van der Waals surface area (Å²) in [6, 6.07) is 7.10. The van der Waals surface area contributed by atoms with Crippen molar-refractivity contribution >= 4 is 23.6 Å². The molecule has 23 heavy (non-hydrogen) atoms. The number of amides is 1. The minimum Gasteiger partial charge on any atom is -0.481 e. The summed E-state index contributed by atoms with van der Waals surface area (Å²) in [5, 5.41) is 7.72. The molecule has 6 nitrogen and oxygen atoms in total. The second kappa shape index (κ2) is 9.34. The van der Waals surface area contributed by atoms with Crippen LogP contribution in [0.3, 0.4) is 0 Å². The molecule has 1 aromatic rings. The summed E-state index contributed by atoms with van der Waals surface area (Å²) in [7, 11) is 0.774. The minimum absolute atomic E-state index is 0.0526. The maximum atomic E-state index is 12.4. The van der Waals surface area contributed by atoms with E-state index in [1.165, 1.54) is 24.3 Å². The van der Waals surface area contributed by atoms with Crippen molar-refractivity contribution in [2.45, 2.75) is 19.5 Å². The Bertz CT molecular complexity index is 582. The molecule has 0 bridgehead atoms. The number of carbonyl (C=O) groups is 3. The Balaban J connectivity index is 0.000000841. The summed E-state index contributed by atoms with van der Waals surface area (Å²) in [6.07, 6.45) is -4.82. The van der Waals surface area contributed by atoms with Crippen molar-refractivity contribution in [1.29, 1.82) is 0 Å². The predicted molar refractivity (Wildman–Crippen MR) is 74.2 cm³/mol. The number of aliphatic imine (C=N–C) groups is 1. The minimum atomic E-state index is -5.04. The maximum absolute atomic E-state index is 12.4. The number of rotatable bonds is 3. The van der Waals surface area contributed by atoms with Gasteiger partial charge in [0.2, 0.25) is 5.71 Å². The largest absolute Gasteiger partial charge is 0.481 e. The number of hydrogen-bond acceptors (Lipinski definition) is 4. The molecule has 1 rings (SSSR count). The molecule has 0 atom stereocenters. The number of carbonyl (C=O) groups excluding carboxylic acids is 2. The molecule has 0 aliphatic carbocycles. The zero-order chi connectivity index (χ0) is 18.0. The van der Waals surface area contributed by atoms with Crippen molar-refractivity contribution in [1.82, 2.24) is 0 Å². The highest BCUT2D eigenvalue weighted by Crippen LogP contribution is 2.19. The molecular weight excluding hydrogens is 319 g/mol. The SMILES string of the molecule is CCC(=O)O.COC(=O)C(=NC(=O)c1ccccc1)C(F)(F)F. The second-order valence-electron chi connectivity index (χ2n) is 3.87. The fourth-order valence-electron chi connectivity index (χ4n) is 1.07. The van der Waals surface area contributed by atoms with Gasteiger partial charge in [0.15, 0.2) is 0 Å². The van der Waals surface area contributed by atoms with E-state index in [2.05, 4.69) is 9.73 Å². The fourth-order valence-corrected chi connectivity index (χ4v) is 1.07. The van der Waals surface area contributed by atoms with Gasteiger partial charge in [0, 0.05) is 12.0 Å². The number of aliphatic carboxylic acids is 1. The third kappa shape index (κ3) is 7.74. The number of alkyl halides is 3. The monoisotopic (exact) mass is 333 g/mol. The van der Waals surface area contributed by atoms with Gasteiger partial charge in [-0.25, -0.2) is 4.79 Å². The van der Waals surface area contributed by atoms with Crippen molar-refractivity contribution in [3.8, 4) is 0 Å². The fraction of sp³-hybridized carbons (Fsp3) is 0.286. The molecule has 1 amide bonds. The number of carboxylic acids is 1. The Morgan fingerprint density at radius 2 is 1.65 bits per heavy atom. The van der Waals surface area contributed by atoms with Crippen molar-refractivity contribution in [3.63, 3.8) is 0 Å². The van der Waals surface area contributed by atoms with E-state index in [1.807, 2.05) is 0 Å². The van der Waals surface area contributed by atoms with Gasteiger partial charge in [-0.2, -0.15) is 18.2 Å². The van der Waals surface area contributed by atoms with Crippen LogP contribution in [0.1, 0.15) is 23.7 Å². The van der Waals surface area contributed by atoms with Crippen molar-refractivity contribution in [3.05, 3.63) is 35.9 Å². The number of ether oxygens (including phenoxy) is 1. The van der Waals surface area contributed by atoms with Gasteiger partial charge in [0.1, 0.15) is 0 Å².